The van der Waals surface area contributed by atoms with Gasteiger partial charge >= 0.3 is 5.97 Å². The van der Waals surface area contributed by atoms with Gasteiger partial charge in [-0.3, -0.25) is 9.69 Å². The van der Waals surface area contributed by atoms with Crippen molar-refractivity contribution in [1.29, 1.82) is 0 Å². The molecular formula is C16H18N2O3. The Morgan fingerprint density at radius 2 is 2.14 bits per heavy atom. The third-order valence-electron chi connectivity index (χ3n) is 3.79. The van der Waals surface area contributed by atoms with Crippen LogP contribution in [-0.2, 0) is 11.3 Å². The molecule has 0 saturated heterocycles. The molecule has 1 heterocycles. The molecule has 1 aromatic heterocycles. The van der Waals surface area contributed by atoms with Gasteiger partial charge < -0.3 is 9.52 Å². The van der Waals surface area contributed by atoms with E-state index in [4.69, 9.17) is 4.42 Å². The zero-order valence-electron chi connectivity index (χ0n) is 11.9. The largest absolute Gasteiger partial charge is 0.480 e. The predicted molar refractivity (Wildman–Crippen MR) is 77.6 cm³/mol. The molecule has 1 saturated carbocycles. The van der Waals surface area contributed by atoms with E-state index in [0.717, 1.165) is 24.1 Å². The van der Waals surface area contributed by atoms with Gasteiger partial charge in [-0.2, -0.15) is 0 Å². The topological polar surface area (TPSA) is 66.6 Å². The number of carboxylic acid groups (broad SMARTS) is 1. The molecule has 2 aromatic rings. The third-order valence-corrected chi connectivity index (χ3v) is 3.79. The van der Waals surface area contributed by atoms with E-state index in [0.29, 0.717) is 18.5 Å². The van der Waals surface area contributed by atoms with Gasteiger partial charge in [0.1, 0.15) is 12.3 Å². The Hall–Kier alpha value is -2.14. The summed E-state index contributed by atoms with van der Waals surface area (Å²) in [6, 6.07) is 9.53. The molecule has 1 aromatic carbocycles. The molecule has 3 rings (SSSR count). The fraction of sp³-hybridized carbons (Fsp3) is 0.375. The van der Waals surface area contributed by atoms with Crippen molar-refractivity contribution in [3.05, 3.63) is 42.3 Å². The molecule has 1 fully saturated rings. The number of rotatable bonds is 6. The highest BCUT2D eigenvalue weighted by atomic mass is 16.4. The summed E-state index contributed by atoms with van der Waals surface area (Å²) in [6.45, 7) is 2.23. The van der Waals surface area contributed by atoms with Gasteiger partial charge in [0, 0.05) is 18.2 Å². The normalized spacial score (nSPS) is 16.1. The quantitative estimate of drug-likeness (QED) is 0.884. The number of aromatic nitrogens is 1. The van der Waals surface area contributed by atoms with Gasteiger partial charge in [-0.1, -0.05) is 18.2 Å². The summed E-state index contributed by atoms with van der Waals surface area (Å²) >= 11 is 0. The minimum Gasteiger partial charge on any atom is -0.480 e. The summed E-state index contributed by atoms with van der Waals surface area (Å²) in [5.41, 5.74) is 1.70. The van der Waals surface area contributed by atoms with E-state index in [2.05, 4.69) is 4.98 Å². The molecule has 5 nitrogen and oxygen atoms in total. The van der Waals surface area contributed by atoms with Crippen molar-refractivity contribution in [2.45, 2.75) is 38.4 Å². The van der Waals surface area contributed by atoms with Crippen molar-refractivity contribution >= 4 is 5.97 Å². The number of hydrogen-bond donors (Lipinski definition) is 1. The number of carbonyl (C=O) groups is 1. The smallest absolute Gasteiger partial charge is 0.320 e. The van der Waals surface area contributed by atoms with Gasteiger partial charge in [0.05, 0.1) is 5.69 Å². The fourth-order valence-corrected chi connectivity index (χ4v) is 2.41. The number of benzene rings is 1. The van der Waals surface area contributed by atoms with E-state index in [1.54, 1.807) is 13.2 Å². The molecule has 0 radical (unpaired) electrons. The SMILES string of the molecule is CC(C(=O)O)N(Cc1coc(-c2ccccc2)n1)C1CC1. The van der Waals surface area contributed by atoms with E-state index in [1.807, 2.05) is 35.2 Å². The maximum absolute atomic E-state index is 11.2. The Kier molecular flexibility index (Phi) is 3.75. The van der Waals surface area contributed by atoms with E-state index in [1.165, 1.54) is 0 Å². The predicted octanol–water partition coefficient (Wildman–Crippen LogP) is 2.78. The fourth-order valence-electron chi connectivity index (χ4n) is 2.41. The van der Waals surface area contributed by atoms with Crippen LogP contribution in [0.4, 0.5) is 0 Å². The van der Waals surface area contributed by atoms with Crippen LogP contribution < -0.4 is 0 Å². The monoisotopic (exact) mass is 286 g/mol. The summed E-state index contributed by atoms with van der Waals surface area (Å²) < 4.78 is 5.51. The molecule has 1 atom stereocenters. The van der Waals surface area contributed by atoms with Crippen molar-refractivity contribution < 1.29 is 14.3 Å². The lowest BCUT2D eigenvalue weighted by Crippen LogP contribution is -2.40. The molecular weight excluding hydrogens is 268 g/mol. The second kappa shape index (κ2) is 5.69. The van der Waals surface area contributed by atoms with Crippen LogP contribution in [0.15, 0.2) is 41.0 Å². The summed E-state index contributed by atoms with van der Waals surface area (Å²) in [4.78, 5) is 17.7. The standard InChI is InChI=1S/C16H18N2O3/c1-11(16(19)20)18(14-7-8-14)9-13-10-21-15(17-13)12-5-3-2-4-6-12/h2-6,10-11,14H,7-9H2,1H3,(H,19,20). The molecule has 0 bridgehead atoms. The van der Waals surface area contributed by atoms with Crippen molar-refractivity contribution in [2.24, 2.45) is 0 Å². The molecule has 0 amide bonds. The molecule has 5 heteroatoms. The van der Waals surface area contributed by atoms with Crippen LogP contribution in [0.1, 0.15) is 25.5 Å². The maximum atomic E-state index is 11.2. The second-order valence-electron chi connectivity index (χ2n) is 5.43. The van der Waals surface area contributed by atoms with Crippen molar-refractivity contribution in [1.82, 2.24) is 9.88 Å². The Morgan fingerprint density at radius 1 is 1.43 bits per heavy atom. The maximum Gasteiger partial charge on any atom is 0.320 e. The van der Waals surface area contributed by atoms with Gasteiger partial charge in [-0.05, 0) is 31.9 Å². The van der Waals surface area contributed by atoms with Crippen LogP contribution in [0, 0.1) is 0 Å². The molecule has 1 unspecified atom stereocenters. The van der Waals surface area contributed by atoms with Gasteiger partial charge in [-0.15, -0.1) is 0 Å². The van der Waals surface area contributed by atoms with Crippen LogP contribution >= 0.6 is 0 Å². The van der Waals surface area contributed by atoms with Gasteiger partial charge in [0.2, 0.25) is 5.89 Å². The lowest BCUT2D eigenvalue weighted by atomic mass is 10.2. The lowest BCUT2D eigenvalue weighted by molar-refractivity contribution is -0.143. The van der Waals surface area contributed by atoms with E-state index >= 15 is 0 Å². The number of aliphatic carboxylic acids is 1. The first-order chi connectivity index (χ1) is 10.1. The molecule has 21 heavy (non-hydrogen) atoms. The van der Waals surface area contributed by atoms with Crippen molar-refractivity contribution in [3.8, 4) is 11.5 Å². The van der Waals surface area contributed by atoms with E-state index in [-0.39, 0.29) is 0 Å². The van der Waals surface area contributed by atoms with Crippen LogP contribution in [0.3, 0.4) is 0 Å². The second-order valence-corrected chi connectivity index (χ2v) is 5.43. The van der Waals surface area contributed by atoms with E-state index in [9.17, 15) is 9.90 Å². The van der Waals surface area contributed by atoms with Crippen molar-refractivity contribution in [2.75, 3.05) is 0 Å². The summed E-state index contributed by atoms with van der Waals surface area (Å²) in [7, 11) is 0. The first kappa shape index (κ1) is 13.8. The first-order valence-corrected chi connectivity index (χ1v) is 7.13. The number of oxazole rings is 1. The summed E-state index contributed by atoms with van der Waals surface area (Å²) in [5.74, 6) is -0.224. The average molecular weight is 286 g/mol. The first-order valence-electron chi connectivity index (χ1n) is 7.13. The number of hydrogen-bond acceptors (Lipinski definition) is 4. The number of nitrogens with zero attached hydrogens (tertiary/aromatic N) is 2. The van der Waals surface area contributed by atoms with Crippen LogP contribution in [-0.4, -0.2) is 33.0 Å². The number of carboxylic acids is 1. The summed E-state index contributed by atoms with van der Waals surface area (Å²) in [6.07, 6.45) is 3.73. The summed E-state index contributed by atoms with van der Waals surface area (Å²) in [5, 5.41) is 9.20. The molecule has 0 aliphatic heterocycles. The average Bonchev–Trinajstić information content (AvgIpc) is 3.23. The lowest BCUT2D eigenvalue weighted by Gasteiger charge is -2.24. The zero-order chi connectivity index (χ0) is 14.8. The van der Waals surface area contributed by atoms with Crippen LogP contribution in [0.5, 0.6) is 0 Å². The molecule has 1 N–H and O–H groups in total. The Balaban J connectivity index is 1.75. The van der Waals surface area contributed by atoms with Gasteiger partial charge in [-0.25, -0.2) is 4.98 Å². The van der Waals surface area contributed by atoms with Crippen molar-refractivity contribution in [3.63, 3.8) is 0 Å². The van der Waals surface area contributed by atoms with Gasteiger partial charge in [0.15, 0.2) is 0 Å². The minimum atomic E-state index is -0.798. The highest BCUT2D eigenvalue weighted by Gasteiger charge is 2.35. The molecule has 110 valence electrons. The van der Waals surface area contributed by atoms with Crippen LogP contribution in [0.25, 0.3) is 11.5 Å². The molecule has 1 aliphatic rings. The molecule has 0 spiro atoms. The Bertz CT molecular complexity index is 619. The Labute approximate surface area is 123 Å². The van der Waals surface area contributed by atoms with Gasteiger partial charge in [0.25, 0.3) is 0 Å². The van der Waals surface area contributed by atoms with E-state index < -0.39 is 12.0 Å². The zero-order valence-corrected chi connectivity index (χ0v) is 11.9. The van der Waals surface area contributed by atoms with Crippen LogP contribution in [0.2, 0.25) is 0 Å². The highest BCUT2D eigenvalue weighted by Crippen LogP contribution is 2.30. The third kappa shape index (κ3) is 3.13. The highest BCUT2D eigenvalue weighted by molar-refractivity contribution is 5.73. The Morgan fingerprint density at radius 3 is 2.76 bits per heavy atom. The molecule has 1 aliphatic carbocycles. The minimum absolute atomic E-state index is 0.355.